The van der Waals surface area contributed by atoms with E-state index in [0.717, 1.165) is 24.2 Å². The molecule has 25 heavy (non-hydrogen) atoms. The minimum atomic E-state index is 0.104. The molecule has 2 aliphatic heterocycles. The minimum Gasteiger partial charge on any atom is -0.486 e. The van der Waals surface area contributed by atoms with Crippen LogP contribution in [0.25, 0.3) is 0 Å². The number of carbonyl (C=O) groups excluding carboxylic acids is 2. The molecular formula is C19H24N2O4. The van der Waals surface area contributed by atoms with E-state index in [9.17, 15) is 9.59 Å². The molecule has 3 aliphatic rings. The maximum Gasteiger partial charge on any atom is 0.227 e. The lowest BCUT2D eigenvalue weighted by atomic mass is 9.84. The Morgan fingerprint density at radius 3 is 2.32 bits per heavy atom. The summed E-state index contributed by atoms with van der Waals surface area (Å²) >= 11 is 0. The summed E-state index contributed by atoms with van der Waals surface area (Å²) in [5.74, 6) is 2.08. The number of carbonyl (C=O) groups is 2. The van der Waals surface area contributed by atoms with E-state index in [1.54, 1.807) is 0 Å². The zero-order valence-electron chi connectivity index (χ0n) is 14.4. The summed E-state index contributed by atoms with van der Waals surface area (Å²) in [6.07, 6.45) is 3.59. The Labute approximate surface area is 147 Å². The number of nitrogens with zero attached hydrogens (tertiary/aromatic N) is 2. The van der Waals surface area contributed by atoms with Gasteiger partial charge in [0.15, 0.2) is 11.5 Å². The van der Waals surface area contributed by atoms with E-state index in [1.165, 1.54) is 6.42 Å². The standard InChI is InChI=1S/C19H24N2O4/c22-18(13-14-4-5-16-17(12-14)25-11-10-24-16)20-6-8-21(9-7-20)19(23)15-2-1-3-15/h4-5,12,15H,1-3,6-11,13H2. The second-order valence-corrected chi connectivity index (χ2v) is 6.99. The van der Waals surface area contributed by atoms with Gasteiger partial charge in [-0.2, -0.15) is 0 Å². The molecule has 134 valence electrons. The van der Waals surface area contributed by atoms with Crippen molar-refractivity contribution in [1.82, 2.24) is 9.80 Å². The summed E-state index contributed by atoms with van der Waals surface area (Å²) in [6.45, 7) is 3.67. The van der Waals surface area contributed by atoms with Crippen LogP contribution in [0.3, 0.4) is 0 Å². The number of benzene rings is 1. The molecule has 0 aromatic heterocycles. The third-order valence-corrected chi connectivity index (χ3v) is 5.36. The normalized spacial score (nSPS) is 20.2. The van der Waals surface area contributed by atoms with Crippen molar-refractivity contribution in [3.63, 3.8) is 0 Å². The van der Waals surface area contributed by atoms with Gasteiger partial charge in [-0.1, -0.05) is 12.5 Å². The van der Waals surface area contributed by atoms with Gasteiger partial charge in [0.05, 0.1) is 6.42 Å². The highest BCUT2D eigenvalue weighted by Gasteiger charge is 2.32. The van der Waals surface area contributed by atoms with Crippen LogP contribution in [-0.2, 0) is 16.0 Å². The van der Waals surface area contributed by atoms with E-state index < -0.39 is 0 Å². The first-order chi connectivity index (χ1) is 12.2. The van der Waals surface area contributed by atoms with Crippen LogP contribution in [0.1, 0.15) is 24.8 Å². The highest BCUT2D eigenvalue weighted by Crippen LogP contribution is 2.31. The molecule has 0 unspecified atom stereocenters. The van der Waals surface area contributed by atoms with Crippen LogP contribution < -0.4 is 9.47 Å². The van der Waals surface area contributed by atoms with Gasteiger partial charge in [0, 0.05) is 32.1 Å². The first kappa shape index (κ1) is 16.2. The molecule has 0 bridgehead atoms. The maximum atomic E-state index is 12.6. The number of fused-ring (bicyclic) bond motifs is 1. The Morgan fingerprint density at radius 2 is 1.64 bits per heavy atom. The van der Waals surface area contributed by atoms with E-state index in [1.807, 2.05) is 28.0 Å². The van der Waals surface area contributed by atoms with Crippen LogP contribution >= 0.6 is 0 Å². The molecule has 1 aromatic carbocycles. The van der Waals surface area contributed by atoms with Gasteiger partial charge in [0.1, 0.15) is 13.2 Å². The number of hydrogen-bond acceptors (Lipinski definition) is 4. The monoisotopic (exact) mass is 344 g/mol. The molecule has 0 N–H and O–H groups in total. The van der Waals surface area contributed by atoms with Crippen LogP contribution in [0.15, 0.2) is 18.2 Å². The molecule has 2 amide bonds. The summed E-state index contributed by atoms with van der Waals surface area (Å²) < 4.78 is 11.1. The number of hydrogen-bond donors (Lipinski definition) is 0. The van der Waals surface area contributed by atoms with Crippen LogP contribution in [0.2, 0.25) is 0 Å². The number of amides is 2. The van der Waals surface area contributed by atoms with Crippen molar-refractivity contribution in [3.05, 3.63) is 23.8 Å². The molecular weight excluding hydrogens is 320 g/mol. The fourth-order valence-corrected chi connectivity index (χ4v) is 3.57. The number of ether oxygens (including phenoxy) is 2. The molecule has 2 fully saturated rings. The van der Waals surface area contributed by atoms with Gasteiger partial charge < -0.3 is 19.3 Å². The Kier molecular flexibility index (Phi) is 4.51. The second-order valence-electron chi connectivity index (χ2n) is 6.99. The fourth-order valence-electron chi connectivity index (χ4n) is 3.57. The quantitative estimate of drug-likeness (QED) is 0.833. The molecule has 1 saturated carbocycles. The van der Waals surface area contributed by atoms with Crippen molar-refractivity contribution in [2.45, 2.75) is 25.7 Å². The van der Waals surface area contributed by atoms with Gasteiger partial charge in [-0.05, 0) is 30.5 Å². The van der Waals surface area contributed by atoms with E-state index in [-0.39, 0.29) is 17.7 Å². The summed E-state index contributed by atoms with van der Waals surface area (Å²) in [5.41, 5.74) is 0.933. The molecule has 0 radical (unpaired) electrons. The topological polar surface area (TPSA) is 59.1 Å². The molecule has 6 nitrogen and oxygen atoms in total. The third-order valence-electron chi connectivity index (χ3n) is 5.36. The molecule has 2 heterocycles. The van der Waals surface area contributed by atoms with Crippen LogP contribution in [0.4, 0.5) is 0 Å². The highest BCUT2D eigenvalue weighted by molar-refractivity contribution is 5.81. The molecule has 1 aromatic rings. The molecule has 6 heteroatoms. The van der Waals surface area contributed by atoms with Gasteiger partial charge in [0.25, 0.3) is 0 Å². The lowest BCUT2D eigenvalue weighted by Gasteiger charge is -2.38. The van der Waals surface area contributed by atoms with E-state index in [0.29, 0.717) is 51.6 Å². The maximum absolute atomic E-state index is 12.6. The molecule has 1 aliphatic carbocycles. The second kappa shape index (κ2) is 6.94. The Hall–Kier alpha value is -2.24. The van der Waals surface area contributed by atoms with E-state index in [2.05, 4.69) is 0 Å². The van der Waals surface area contributed by atoms with Crippen LogP contribution in [0.5, 0.6) is 11.5 Å². The van der Waals surface area contributed by atoms with Crippen molar-refractivity contribution in [2.24, 2.45) is 5.92 Å². The number of piperazine rings is 1. The lowest BCUT2D eigenvalue weighted by Crippen LogP contribution is -2.52. The zero-order valence-corrected chi connectivity index (χ0v) is 14.4. The lowest BCUT2D eigenvalue weighted by molar-refractivity contribution is -0.143. The van der Waals surface area contributed by atoms with Gasteiger partial charge in [-0.15, -0.1) is 0 Å². The Bertz CT molecular complexity index is 663. The molecule has 1 saturated heterocycles. The molecule has 0 spiro atoms. The number of rotatable bonds is 3. The van der Waals surface area contributed by atoms with Crippen LogP contribution in [0, 0.1) is 5.92 Å². The fraction of sp³-hybridized carbons (Fsp3) is 0.579. The summed E-state index contributed by atoms with van der Waals surface area (Å²) in [4.78, 5) is 28.6. The SMILES string of the molecule is O=C(Cc1ccc2c(c1)OCCO2)N1CCN(C(=O)C2CCC2)CC1. The van der Waals surface area contributed by atoms with Gasteiger partial charge in [-0.3, -0.25) is 9.59 Å². The van der Waals surface area contributed by atoms with Crippen LogP contribution in [-0.4, -0.2) is 61.0 Å². The predicted molar refractivity (Wildman–Crippen MR) is 91.6 cm³/mol. The summed E-state index contributed by atoms with van der Waals surface area (Å²) in [7, 11) is 0. The Morgan fingerprint density at radius 1 is 0.960 bits per heavy atom. The first-order valence-electron chi connectivity index (χ1n) is 9.16. The minimum absolute atomic E-state index is 0.104. The molecule has 4 rings (SSSR count). The highest BCUT2D eigenvalue weighted by atomic mass is 16.6. The van der Waals surface area contributed by atoms with Crippen molar-refractivity contribution in [2.75, 3.05) is 39.4 Å². The zero-order chi connectivity index (χ0) is 17.2. The van der Waals surface area contributed by atoms with Gasteiger partial charge in [0.2, 0.25) is 11.8 Å². The Balaban J connectivity index is 1.31. The van der Waals surface area contributed by atoms with E-state index >= 15 is 0 Å². The first-order valence-corrected chi connectivity index (χ1v) is 9.16. The van der Waals surface area contributed by atoms with Gasteiger partial charge in [-0.25, -0.2) is 0 Å². The van der Waals surface area contributed by atoms with Crippen molar-refractivity contribution >= 4 is 11.8 Å². The average Bonchev–Trinajstić information content (AvgIpc) is 2.60. The third kappa shape index (κ3) is 3.43. The largest absolute Gasteiger partial charge is 0.486 e. The van der Waals surface area contributed by atoms with Crippen molar-refractivity contribution in [1.29, 1.82) is 0 Å². The van der Waals surface area contributed by atoms with Crippen molar-refractivity contribution < 1.29 is 19.1 Å². The summed E-state index contributed by atoms with van der Waals surface area (Å²) in [5, 5.41) is 0. The average molecular weight is 344 g/mol. The molecule has 0 atom stereocenters. The van der Waals surface area contributed by atoms with Crippen molar-refractivity contribution in [3.8, 4) is 11.5 Å². The van der Waals surface area contributed by atoms with E-state index in [4.69, 9.17) is 9.47 Å². The predicted octanol–water partition coefficient (Wildman–Crippen LogP) is 1.47. The summed E-state index contributed by atoms with van der Waals surface area (Å²) in [6, 6.07) is 5.68. The van der Waals surface area contributed by atoms with Gasteiger partial charge >= 0.3 is 0 Å². The smallest absolute Gasteiger partial charge is 0.227 e.